The molecule has 2 aromatic carbocycles. The van der Waals surface area contributed by atoms with Gasteiger partial charge < -0.3 is 9.72 Å². The summed E-state index contributed by atoms with van der Waals surface area (Å²) in [5.74, 6) is 0.0848. The Kier molecular flexibility index (Phi) is 2.90. The lowest BCUT2D eigenvalue weighted by molar-refractivity contribution is 0.386. The number of para-hydroxylation sites is 2. The van der Waals surface area contributed by atoms with Crippen LogP contribution in [0.4, 0.5) is 4.39 Å². The Labute approximate surface area is 130 Å². The molecule has 5 nitrogen and oxygen atoms in total. The van der Waals surface area contributed by atoms with E-state index in [0.717, 1.165) is 11.0 Å². The molecule has 4 rings (SSSR count). The zero-order valence-corrected chi connectivity index (χ0v) is 12.2. The van der Waals surface area contributed by atoms with Crippen LogP contribution in [0.1, 0.15) is 0 Å². The van der Waals surface area contributed by atoms with Gasteiger partial charge in [-0.3, -0.25) is 9.36 Å². The van der Waals surface area contributed by atoms with E-state index in [9.17, 15) is 9.18 Å². The Balaban J connectivity index is 2.00. The van der Waals surface area contributed by atoms with Gasteiger partial charge in [0.15, 0.2) is 17.4 Å². The molecule has 1 N–H and O–H groups in total. The quantitative estimate of drug-likeness (QED) is 0.619. The van der Waals surface area contributed by atoms with E-state index < -0.39 is 5.82 Å². The number of fused-ring (bicyclic) bond motifs is 3. The molecule has 2 aliphatic rings. The van der Waals surface area contributed by atoms with Crippen molar-refractivity contribution in [1.29, 1.82) is 0 Å². The van der Waals surface area contributed by atoms with Crippen LogP contribution in [0, 0.1) is 5.82 Å². The van der Waals surface area contributed by atoms with Gasteiger partial charge in [-0.2, -0.15) is 0 Å². The molecule has 23 heavy (non-hydrogen) atoms. The van der Waals surface area contributed by atoms with E-state index in [4.69, 9.17) is 4.74 Å². The second-order valence-corrected chi connectivity index (χ2v) is 5.11. The number of hydrogen-bond donors (Lipinski definition) is 1. The second-order valence-electron chi connectivity index (χ2n) is 5.11. The number of benzene rings is 2. The van der Waals surface area contributed by atoms with Crippen molar-refractivity contribution in [1.82, 2.24) is 14.5 Å². The molecule has 114 valence electrons. The molecule has 0 radical (unpaired) electrons. The molecular weight excluding hydrogens is 297 g/mol. The standard InChI is InChI=1S/C17H12FN3O2/c1-23-14-7-6-10(8-11(14)18)16-17(22)21-13-5-3-2-4-12(13)19-9-15(21)20-16/h2-9,19H,1H3. The third-order valence-corrected chi connectivity index (χ3v) is 3.79. The highest BCUT2D eigenvalue weighted by Crippen LogP contribution is 2.25. The zero-order chi connectivity index (χ0) is 16.0. The summed E-state index contributed by atoms with van der Waals surface area (Å²) in [6.07, 6.45) is 1.66. The van der Waals surface area contributed by atoms with Crippen LogP contribution in [0.5, 0.6) is 5.75 Å². The zero-order valence-electron chi connectivity index (χ0n) is 12.2. The number of H-pyrrole nitrogens is 1. The molecule has 0 aliphatic carbocycles. The number of halogens is 1. The van der Waals surface area contributed by atoms with Crippen molar-refractivity contribution in [3.8, 4) is 22.8 Å². The van der Waals surface area contributed by atoms with E-state index in [1.54, 1.807) is 12.3 Å². The van der Waals surface area contributed by atoms with E-state index in [0.29, 0.717) is 11.4 Å². The maximum atomic E-state index is 13.9. The molecule has 0 spiro atoms. The highest BCUT2D eigenvalue weighted by atomic mass is 19.1. The topological polar surface area (TPSA) is 59.9 Å². The van der Waals surface area contributed by atoms with Crippen LogP contribution in [0.25, 0.3) is 28.1 Å². The first kappa shape index (κ1) is 13.5. The van der Waals surface area contributed by atoms with Gasteiger partial charge in [0.2, 0.25) is 0 Å². The van der Waals surface area contributed by atoms with Gasteiger partial charge in [-0.25, -0.2) is 9.37 Å². The third kappa shape index (κ3) is 1.99. The van der Waals surface area contributed by atoms with Crippen molar-refractivity contribution in [3.63, 3.8) is 0 Å². The lowest BCUT2D eigenvalue weighted by Crippen LogP contribution is -2.14. The van der Waals surface area contributed by atoms with E-state index in [1.165, 1.54) is 23.8 Å². The second kappa shape index (κ2) is 4.95. The number of aromatic nitrogens is 3. The van der Waals surface area contributed by atoms with Crippen LogP contribution in [0.15, 0.2) is 53.5 Å². The summed E-state index contributed by atoms with van der Waals surface area (Å²) in [7, 11) is 1.39. The number of nitrogens with one attached hydrogen (secondary N) is 1. The molecule has 0 fully saturated rings. The minimum Gasteiger partial charge on any atom is -0.494 e. The Morgan fingerprint density at radius 1 is 1.22 bits per heavy atom. The Morgan fingerprint density at radius 2 is 2.04 bits per heavy atom. The van der Waals surface area contributed by atoms with E-state index in [2.05, 4.69) is 9.97 Å². The van der Waals surface area contributed by atoms with Crippen LogP contribution in [0.2, 0.25) is 0 Å². The van der Waals surface area contributed by atoms with E-state index >= 15 is 0 Å². The lowest BCUT2D eigenvalue weighted by Gasteiger charge is -2.05. The molecule has 0 saturated heterocycles. The SMILES string of the molecule is COc1ccc(-c2nc3c[nH]c4ccccc4n-3c2=O)cc1F. The summed E-state index contributed by atoms with van der Waals surface area (Å²) in [6, 6.07) is 11.8. The van der Waals surface area contributed by atoms with E-state index in [1.807, 2.05) is 24.3 Å². The van der Waals surface area contributed by atoms with Crippen LogP contribution in [0.3, 0.4) is 0 Å². The monoisotopic (exact) mass is 309 g/mol. The predicted octanol–water partition coefficient (Wildman–Crippen LogP) is 2.97. The number of aromatic amines is 1. The largest absolute Gasteiger partial charge is 0.494 e. The molecule has 0 unspecified atom stereocenters. The summed E-state index contributed by atoms with van der Waals surface area (Å²) in [5.41, 5.74) is 1.89. The normalized spacial score (nSPS) is 11.2. The first-order valence-electron chi connectivity index (χ1n) is 7.02. The highest BCUT2D eigenvalue weighted by Gasteiger charge is 2.19. The number of methoxy groups -OCH3 is 1. The minimum atomic E-state index is -0.530. The summed E-state index contributed by atoms with van der Waals surface area (Å²) in [6.45, 7) is 0. The van der Waals surface area contributed by atoms with Crippen molar-refractivity contribution < 1.29 is 9.13 Å². The number of hydrogen-bond acceptors (Lipinski definition) is 3. The van der Waals surface area contributed by atoms with Gasteiger partial charge in [0.25, 0.3) is 5.56 Å². The molecule has 0 saturated carbocycles. The maximum absolute atomic E-state index is 13.9. The number of nitrogens with zero attached hydrogens (tertiary/aromatic N) is 2. The predicted molar refractivity (Wildman–Crippen MR) is 84.8 cm³/mol. The molecule has 0 aromatic heterocycles. The molecule has 0 atom stereocenters. The fourth-order valence-corrected chi connectivity index (χ4v) is 2.69. The molecular formula is C17H12FN3O2. The fourth-order valence-electron chi connectivity index (χ4n) is 2.69. The first-order valence-corrected chi connectivity index (χ1v) is 7.02. The molecule has 2 aliphatic heterocycles. The minimum absolute atomic E-state index is 0.128. The van der Waals surface area contributed by atoms with Crippen molar-refractivity contribution in [2.24, 2.45) is 0 Å². The number of imidazole rings is 1. The van der Waals surface area contributed by atoms with Crippen LogP contribution in [-0.4, -0.2) is 21.6 Å². The van der Waals surface area contributed by atoms with Gasteiger partial charge in [0, 0.05) is 11.8 Å². The molecule has 2 aromatic rings. The van der Waals surface area contributed by atoms with Crippen molar-refractivity contribution in [3.05, 3.63) is 64.8 Å². The van der Waals surface area contributed by atoms with Gasteiger partial charge in [-0.1, -0.05) is 12.1 Å². The smallest absolute Gasteiger partial charge is 0.283 e. The molecule has 6 heteroatoms. The van der Waals surface area contributed by atoms with Crippen LogP contribution in [-0.2, 0) is 0 Å². The van der Waals surface area contributed by atoms with E-state index in [-0.39, 0.29) is 17.0 Å². The van der Waals surface area contributed by atoms with Crippen molar-refractivity contribution in [2.45, 2.75) is 0 Å². The Morgan fingerprint density at radius 3 is 2.83 bits per heavy atom. The lowest BCUT2D eigenvalue weighted by atomic mass is 10.1. The highest BCUT2D eigenvalue weighted by molar-refractivity contribution is 5.78. The average molecular weight is 309 g/mol. The molecule has 0 amide bonds. The summed E-state index contributed by atoms with van der Waals surface area (Å²) in [4.78, 5) is 20.2. The van der Waals surface area contributed by atoms with Gasteiger partial charge in [0.05, 0.1) is 18.1 Å². The number of ether oxygens (including phenoxy) is 1. The van der Waals surface area contributed by atoms with Crippen molar-refractivity contribution in [2.75, 3.05) is 7.11 Å². The van der Waals surface area contributed by atoms with Gasteiger partial charge in [-0.05, 0) is 30.3 Å². The van der Waals surface area contributed by atoms with Gasteiger partial charge in [-0.15, -0.1) is 0 Å². The van der Waals surface area contributed by atoms with Crippen LogP contribution < -0.4 is 10.3 Å². The Hall–Kier alpha value is -3.15. The molecule has 2 heterocycles. The maximum Gasteiger partial charge on any atom is 0.283 e. The molecule has 0 bridgehead atoms. The summed E-state index contributed by atoms with van der Waals surface area (Å²) in [5, 5.41) is 0. The van der Waals surface area contributed by atoms with Gasteiger partial charge in [0.1, 0.15) is 5.69 Å². The fraction of sp³-hybridized carbons (Fsp3) is 0.0588. The van der Waals surface area contributed by atoms with Crippen LogP contribution >= 0.6 is 0 Å². The number of rotatable bonds is 2. The first-order chi connectivity index (χ1) is 11.2. The third-order valence-electron chi connectivity index (χ3n) is 3.79. The summed E-state index contributed by atoms with van der Waals surface area (Å²) < 4.78 is 20.3. The van der Waals surface area contributed by atoms with Gasteiger partial charge >= 0.3 is 0 Å². The average Bonchev–Trinajstić information content (AvgIpc) is 2.92. The van der Waals surface area contributed by atoms with Crippen molar-refractivity contribution >= 4 is 11.0 Å². The Bertz CT molecular complexity index is 1050. The summed E-state index contributed by atoms with van der Waals surface area (Å²) >= 11 is 0.